The Hall–Kier alpha value is -0.960. The Balaban J connectivity index is 2.17. The minimum Gasteiger partial charge on any atom is -0.330 e. The van der Waals surface area contributed by atoms with Crippen LogP contribution in [0, 0.1) is 28.9 Å². The van der Waals surface area contributed by atoms with Crippen LogP contribution in [0.15, 0.2) is 18.2 Å². The van der Waals surface area contributed by atoms with Crippen LogP contribution in [0.3, 0.4) is 0 Å². The van der Waals surface area contributed by atoms with Gasteiger partial charge in [-0.15, -0.1) is 0 Å². The van der Waals surface area contributed by atoms with Crippen LogP contribution < -0.4 is 5.73 Å². The molecule has 0 amide bonds. The van der Waals surface area contributed by atoms with Crippen LogP contribution in [0.25, 0.3) is 0 Å². The fraction of sp³-hybridized carbons (Fsp3) is 0.625. The van der Waals surface area contributed by atoms with Gasteiger partial charge in [-0.3, -0.25) is 0 Å². The number of hydrogen-bond donors (Lipinski definition) is 1. The molecular weight excluding hydrogens is 244 g/mol. The van der Waals surface area contributed by atoms with E-state index in [0.717, 1.165) is 19.3 Å². The van der Waals surface area contributed by atoms with Crippen molar-refractivity contribution in [3.8, 4) is 0 Å². The zero-order chi connectivity index (χ0) is 14.0. The number of nitrogens with two attached hydrogens (primary N) is 1. The average molecular weight is 267 g/mol. The summed E-state index contributed by atoms with van der Waals surface area (Å²) in [4.78, 5) is 0. The fourth-order valence-corrected chi connectivity index (χ4v) is 3.33. The quantitative estimate of drug-likeness (QED) is 0.883. The summed E-state index contributed by atoms with van der Waals surface area (Å²) < 4.78 is 27.0. The molecule has 1 saturated carbocycles. The van der Waals surface area contributed by atoms with Crippen LogP contribution in [0.2, 0.25) is 0 Å². The van der Waals surface area contributed by atoms with Gasteiger partial charge in [0, 0.05) is 0 Å². The minimum atomic E-state index is -0.753. The van der Waals surface area contributed by atoms with Crippen molar-refractivity contribution in [1.82, 2.24) is 0 Å². The van der Waals surface area contributed by atoms with Gasteiger partial charge in [0.1, 0.15) is 0 Å². The number of hydrogen-bond acceptors (Lipinski definition) is 1. The van der Waals surface area contributed by atoms with E-state index < -0.39 is 11.6 Å². The first kappa shape index (κ1) is 14.4. The van der Waals surface area contributed by atoms with Crippen molar-refractivity contribution in [3.63, 3.8) is 0 Å². The summed E-state index contributed by atoms with van der Waals surface area (Å²) in [5.41, 5.74) is 6.60. The standard InChI is InChI=1S/C16H23F2N/c1-16(2)7-6-12(10-19)13(9-16)8-11-4-3-5-14(17)15(11)18/h3-5,12-13H,6-10,19H2,1-2H3. The Kier molecular flexibility index (Phi) is 4.24. The van der Waals surface area contributed by atoms with Gasteiger partial charge in [-0.05, 0) is 61.1 Å². The molecule has 2 rings (SSSR count). The highest BCUT2D eigenvalue weighted by molar-refractivity contribution is 5.20. The Morgan fingerprint density at radius 1 is 1.26 bits per heavy atom. The van der Waals surface area contributed by atoms with Crippen LogP contribution in [0.4, 0.5) is 8.78 Å². The molecule has 0 radical (unpaired) electrons. The van der Waals surface area contributed by atoms with E-state index in [1.54, 1.807) is 12.1 Å². The molecule has 0 spiro atoms. The second-order valence-electron chi connectivity index (χ2n) is 6.58. The maximum Gasteiger partial charge on any atom is 0.162 e. The first-order valence-electron chi connectivity index (χ1n) is 7.06. The first-order chi connectivity index (χ1) is 8.93. The third-order valence-corrected chi connectivity index (χ3v) is 4.49. The van der Waals surface area contributed by atoms with Gasteiger partial charge in [0.15, 0.2) is 11.6 Å². The Morgan fingerprint density at radius 3 is 2.68 bits per heavy atom. The van der Waals surface area contributed by atoms with Crippen molar-refractivity contribution in [2.75, 3.05) is 6.54 Å². The predicted octanol–water partition coefficient (Wildman–Crippen LogP) is 3.91. The van der Waals surface area contributed by atoms with Gasteiger partial charge in [-0.1, -0.05) is 26.0 Å². The third kappa shape index (κ3) is 3.33. The predicted molar refractivity (Wildman–Crippen MR) is 73.7 cm³/mol. The molecule has 1 nitrogen and oxygen atoms in total. The molecule has 1 aliphatic rings. The number of halogens is 2. The Bertz CT molecular complexity index is 442. The lowest BCUT2D eigenvalue weighted by molar-refractivity contribution is 0.121. The van der Waals surface area contributed by atoms with Crippen LogP contribution in [-0.2, 0) is 6.42 Å². The van der Waals surface area contributed by atoms with Gasteiger partial charge in [0.2, 0.25) is 0 Å². The van der Waals surface area contributed by atoms with Gasteiger partial charge in [0.05, 0.1) is 0 Å². The molecule has 0 bridgehead atoms. The summed E-state index contributed by atoms with van der Waals surface area (Å²) in [6.07, 6.45) is 3.88. The van der Waals surface area contributed by atoms with Gasteiger partial charge < -0.3 is 5.73 Å². The molecule has 2 atom stereocenters. The van der Waals surface area contributed by atoms with E-state index in [1.807, 2.05) is 0 Å². The second-order valence-corrected chi connectivity index (χ2v) is 6.58. The molecule has 1 aromatic carbocycles. The van der Waals surface area contributed by atoms with E-state index in [0.29, 0.717) is 30.4 Å². The summed E-state index contributed by atoms with van der Waals surface area (Å²) in [6.45, 7) is 5.13. The van der Waals surface area contributed by atoms with Crippen LogP contribution in [0.1, 0.15) is 38.7 Å². The van der Waals surface area contributed by atoms with E-state index in [1.165, 1.54) is 6.07 Å². The maximum atomic E-state index is 13.8. The third-order valence-electron chi connectivity index (χ3n) is 4.49. The van der Waals surface area contributed by atoms with E-state index in [9.17, 15) is 8.78 Å². The molecule has 0 saturated heterocycles. The largest absolute Gasteiger partial charge is 0.330 e. The molecule has 106 valence electrons. The van der Waals surface area contributed by atoms with Crippen molar-refractivity contribution in [3.05, 3.63) is 35.4 Å². The zero-order valence-corrected chi connectivity index (χ0v) is 11.8. The van der Waals surface area contributed by atoms with Crippen LogP contribution in [0.5, 0.6) is 0 Å². The van der Waals surface area contributed by atoms with E-state index in [2.05, 4.69) is 13.8 Å². The van der Waals surface area contributed by atoms with Gasteiger partial charge in [-0.2, -0.15) is 0 Å². The molecule has 2 N–H and O–H groups in total. The maximum absolute atomic E-state index is 13.8. The lowest BCUT2D eigenvalue weighted by Gasteiger charge is -2.40. The first-order valence-corrected chi connectivity index (χ1v) is 7.06. The smallest absolute Gasteiger partial charge is 0.162 e. The minimum absolute atomic E-state index is 0.278. The van der Waals surface area contributed by atoms with E-state index in [4.69, 9.17) is 5.73 Å². The fourth-order valence-electron chi connectivity index (χ4n) is 3.33. The summed E-state index contributed by atoms with van der Waals surface area (Å²) in [7, 11) is 0. The van der Waals surface area contributed by atoms with Crippen LogP contribution in [-0.4, -0.2) is 6.54 Å². The number of benzene rings is 1. The lowest BCUT2D eigenvalue weighted by Crippen LogP contribution is -2.35. The normalized spacial score (nSPS) is 26.4. The molecule has 1 aromatic rings. The SMILES string of the molecule is CC1(C)CCC(CN)C(Cc2cccc(F)c2F)C1. The van der Waals surface area contributed by atoms with Crippen molar-refractivity contribution >= 4 is 0 Å². The summed E-state index contributed by atoms with van der Waals surface area (Å²) >= 11 is 0. The molecular formula is C16H23F2N. The van der Waals surface area contributed by atoms with Gasteiger partial charge >= 0.3 is 0 Å². The molecule has 0 aliphatic heterocycles. The zero-order valence-electron chi connectivity index (χ0n) is 11.8. The molecule has 19 heavy (non-hydrogen) atoms. The Morgan fingerprint density at radius 2 is 2.00 bits per heavy atom. The topological polar surface area (TPSA) is 26.0 Å². The summed E-state index contributed by atoms with van der Waals surface area (Å²) in [6, 6.07) is 4.44. The highest BCUT2D eigenvalue weighted by atomic mass is 19.2. The highest BCUT2D eigenvalue weighted by Gasteiger charge is 2.34. The molecule has 3 heteroatoms. The lowest BCUT2D eigenvalue weighted by atomic mass is 9.65. The van der Waals surface area contributed by atoms with E-state index >= 15 is 0 Å². The molecule has 1 fully saturated rings. The monoisotopic (exact) mass is 267 g/mol. The van der Waals surface area contributed by atoms with Gasteiger partial charge in [-0.25, -0.2) is 8.78 Å². The van der Waals surface area contributed by atoms with Crippen molar-refractivity contribution in [2.45, 2.75) is 39.5 Å². The summed E-state index contributed by atoms with van der Waals surface area (Å²) in [5, 5.41) is 0. The van der Waals surface area contributed by atoms with E-state index in [-0.39, 0.29) is 5.41 Å². The molecule has 1 aliphatic carbocycles. The number of rotatable bonds is 3. The summed E-state index contributed by atoms with van der Waals surface area (Å²) in [5.74, 6) is -0.667. The van der Waals surface area contributed by atoms with Gasteiger partial charge in [0.25, 0.3) is 0 Å². The average Bonchev–Trinajstić information content (AvgIpc) is 2.34. The highest BCUT2D eigenvalue weighted by Crippen LogP contribution is 2.43. The van der Waals surface area contributed by atoms with Crippen molar-refractivity contribution in [1.29, 1.82) is 0 Å². The second kappa shape index (κ2) is 5.58. The Labute approximate surface area is 114 Å². The van der Waals surface area contributed by atoms with Crippen molar-refractivity contribution in [2.24, 2.45) is 23.0 Å². The van der Waals surface area contributed by atoms with Crippen LogP contribution >= 0.6 is 0 Å². The molecule has 0 aromatic heterocycles. The molecule has 0 heterocycles. The molecule has 2 unspecified atom stereocenters. The van der Waals surface area contributed by atoms with Crippen molar-refractivity contribution < 1.29 is 8.78 Å².